The lowest BCUT2D eigenvalue weighted by Crippen LogP contribution is -2.03. The molecule has 0 unspecified atom stereocenters. The van der Waals surface area contributed by atoms with E-state index in [9.17, 15) is 9.18 Å². The minimum absolute atomic E-state index is 0.0746. The molecule has 2 nitrogen and oxygen atoms in total. The van der Waals surface area contributed by atoms with Crippen LogP contribution in [0, 0.1) is 5.82 Å². The van der Waals surface area contributed by atoms with Crippen molar-refractivity contribution < 1.29 is 13.6 Å². The van der Waals surface area contributed by atoms with E-state index in [0.717, 1.165) is 0 Å². The fourth-order valence-corrected chi connectivity index (χ4v) is 2.07. The molecule has 0 radical (unpaired) electrons. The van der Waals surface area contributed by atoms with Crippen LogP contribution in [0.1, 0.15) is 16.1 Å². The van der Waals surface area contributed by atoms with E-state index in [1.165, 1.54) is 24.5 Å². The van der Waals surface area contributed by atoms with Crippen molar-refractivity contribution in [1.82, 2.24) is 0 Å². The van der Waals surface area contributed by atoms with Gasteiger partial charge in [0.25, 0.3) is 0 Å². The molecule has 0 amide bonds. The van der Waals surface area contributed by atoms with Gasteiger partial charge in [0.05, 0.1) is 10.7 Å². The van der Waals surface area contributed by atoms with Crippen LogP contribution >= 0.6 is 27.5 Å². The summed E-state index contributed by atoms with van der Waals surface area (Å²) >= 11 is 9.04. The van der Waals surface area contributed by atoms with Gasteiger partial charge in [-0.2, -0.15) is 0 Å². The van der Waals surface area contributed by atoms with Gasteiger partial charge in [0.2, 0.25) is 5.78 Å². The molecule has 2 rings (SSSR count). The van der Waals surface area contributed by atoms with Crippen molar-refractivity contribution in [2.45, 2.75) is 6.42 Å². The summed E-state index contributed by atoms with van der Waals surface area (Å²) < 4.78 is 18.5. The third-order valence-electron chi connectivity index (χ3n) is 2.24. The number of hydrogen-bond donors (Lipinski definition) is 0. The summed E-state index contributed by atoms with van der Waals surface area (Å²) in [5.74, 6) is -0.397. The Balaban J connectivity index is 2.22. The highest BCUT2D eigenvalue weighted by molar-refractivity contribution is 9.10. The molecule has 0 atom stereocenters. The van der Waals surface area contributed by atoms with Crippen LogP contribution in [0.15, 0.2) is 39.4 Å². The van der Waals surface area contributed by atoms with Gasteiger partial charge < -0.3 is 4.42 Å². The zero-order valence-electron chi connectivity index (χ0n) is 8.54. The molecular formula is C12H7BrClFO2. The quantitative estimate of drug-likeness (QED) is 0.792. The lowest BCUT2D eigenvalue weighted by atomic mass is 10.1. The van der Waals surface area contributed by atoms with Gasteiger partial charge in [-0.3, -0.25) is 4.79 Å². The van der Waals surface area contributed by atoms with Crippen LogP contribution in [0.2, 0.25) is 5.02 Å². The molecule has 1 heterocycles. The monoisotopic (exact) mass is 316 g/mol. The molecule has 0 saturated carbocycles. The first kappa shape index (κ1) is 12.3. The first-order valence-corrected chi connectivity index (χ1v) is 5.95. The van der Waals surface area contributed by atoms with E-state index in [1.54, 1.807) is 6.07 Å². The van der Waals surface area contributed by atoms with Crippen LogP contribution in [0.3, 0.4) is 0 Å². The van der Waals surface area contributed by atoms with Crippen molar-refractivity contribution in [3.63, 3.8) is 0 Å². The standard InChI is InChI=1S/C12H7BrClFO2/c13-9-3-4-17-12(9)11(16)5-7-1-2-8(15)6-10(7)14/h1-4,6H,5H2. The third kappa shape index (κ3) is 2.76. The summed E-state index contributed by atoms with van der Waals surface area (Å²) in [5, 5.41) is 0.237. The van der Waals surface area contributed by atoms with Crippen LogP contribution in [0.5, 0.6) is 0 Å². The summed E-state index contributed by atoms with van der Waals surface area (Å²) in [5.41, 5.74) is 0.571. The highest BCUT2D eigenvalue weighted by Crippen LogP contribution is 2.23. The smallest absolute Gasteiger partial charge is 0.203 e. The number of carbonyl (C=O) groups is 1. The molecule has 0 aliphatic rings. The molecule has 2 aromatic rings. The summed E-state index contributed by atoms with van der Waals surface area (Å²) in [6.07, 6.45) is 1.49. The Hall–Kier alpha value is -1.13. The fourth-order valence-electron chi connectivity index (χ4n) is 1.41. The van der Waals surface area contributed by atoms with E-state index in [1.807, 2.05) is 0 Å². The van der Waals surface area contributed by atoms with Gasteiger partial charge in [-0.15, -0.1) is 0 Å². The van der Waals surface area contributed by atoms with Crippen LogP contribution in [-0.4, -0.2) is 5.78 Å². The van der Waals surface area contributed by atoms with Crippen molar-refractivity contribution in [3.8, 4) is 0 Å². The maximum atomic E-state index is 12.8. The number of ketones is 1. The molecule has 0 saturated heterocycles. The third-order valence-corrected chi connectivity index (χ3v) is 3.21. The van der Waals surface area contributed by atoms with E-state index >= 15 is 0 Å². The van der Waals surface area contributed by atoms with Gasteiger partial charge in [-0.05, 0) is 39.7 Å². The van der Waals surface area contributed by atoms with Crippen LogP contribution in [-0.2, 0) is 6.42 Å². The van der Waals surface area contributed by atoms with Gasteiger partial charge >= 0.3 is 0 Å². The SMILES string of the molecule is O=C(Cc1ccc(F)cc1Cl)c1occc1Br. The first-order valence-electron chi connectivity index (χ1n) is 4.78. The number of carbonyl (C=O) groups excluding carboxylic acids is 1. The fraction of sp³-hybridized carbons (Fsp3) is 0.0833. The summed E-state index contributed by atoms with van der Waals surface area (Å²) in [6, 6.07) is 5.58. The Labute approximate surface area is 111 Å². The van der Waals surface area contributed by atoms with Crippen molar-refractivity contribution in [1.29, 1.82) is 0 Å². The van der Waals surface area contributed by atoms with Crippen LogP contribution in [0.4, 0.5) is 4.39 Å². The average molecular weight is 318 g/mol. The highest BCUT2D eigenvalue weighted by Gasteiger charge is 2.15. The Morgan fingerprint density at radius 3 is 2.76 bits per heavy atom. The number of furan rings is 1. The van der Waals surface area contributed by atoms with Gasteiger partial charge in [0.1, 0.15) is 5.82 Å². The number of halogens is 3. The molecular weight excluding hydrogens is 310 g/mol. The predicted octanol–water partition coefficient (Wildman–Crippen LogP) is 4.26. The van der Waals surface area contributed by atoms with Crippen molar-refractivity contribution >= 4 is 33.3 Å². The van der Waals surface area contributed by atoms with E-state index in [0.29, 0.717) is 10.0 Å². The molecule has 0 aliphatic heterocycles. The molecule has 5 heteroatoms. The zero-order valence-corrected chi connectivity index (χ0v) is 10.9. The average Bonchev–Trinajstić information content (AvgIpc) is 2.68. The molecule has 88 valence electrons. The Morgan fingerprint density at radius 2 is 2.18 bits per heavy atom. The zero-order chi connectivity index (χ0) is 12.4. The molecule has 1 aromatic heterocycles. The molecule has 0 fully saturated rings. The minimum Gasteiger partial charge on any atom is -0.460 e. The summed E-state index contributed by atoms with van der Waals surface area (Å²) in [4.78, 5) is 11.9. The lowest BCUT2D eigenvalue weighted by Gasteiger charge is -2.02. The normalized spacial score (nSPS) is 10.5. The van der Waals surface area contributed by atoms with E-state index in [-0.39, 0.29) is 23.0 Å². The van der Waals surface area contributed by atoms with Gasteiger partial charge in [-0.1, -0.05) is 17.7 Å². The molecule has 0 bridgehead atoms. The van der Waals surface area contributed by atoms with Crippen LogP contribution in [0.25, 0.3) is 0 Å². The van der Waals surface area contributed by atoms with Gasteiger partial charge in [0.15, 0.2) is 5.76 Å². The second-order valence-corrected chi connectivity index (χ2v) is 4.69. The lowest BCUT2D eigenvalue weighted by molar-refractivity contribution is 0.0965. The Bertz CT molecular complexity index is 565. The highest BCUT2D eigenvalue weighted by atomic mass is 79.9. The molecule has 17 heavy (non-hydrogen) atoms. The largest absolute Gasteiger partial charge is 0.460 e. The van der Waals surface area contributed by atoms with Gasteiger partial charge in [0, 0.05) is 11.4 Å². The van der Waals surface area contributed by atoms with E-state index in [4.69, 9.17) is 16.0 Å². The summed E-state index contributed by atoms with van der Waals surface area (Å²) in [7, 11) is 0. The molecule has 0 aliphatic carbocycles. The topological polar surface area (TPSA) is 30.2 Å². The first-order chi connectivity index (χ1) is 8.08. The number of hydrogen-bond acceptors (Lipinski definition) is 2. The van der Waals surface area contributed by atoms with E-state index < -0.39 is 5.82 Å². The summed E-state index contributed by atoms with van der Waals surface area (Å²) in [6.45, 7) is 0. The van der Waals surface area contributed by atoms with E-state index in [2.05, 4.69) is 15.9 Å². The van der Waals surface area contributed by atoms with Crippen LogP contribution < -0.4 is 0 Å². The Morgan fingerprint density at radius 1 is 1.41 bits per heavy atom. The number of Topliss-reactive ketones (excluding diaryl/α,β-unsaturated/α-hetero) is 1. The van der Waals surface area contributed by atoms with Crippen molar-refractivity contribution in [2.75, 3.05) is 0 Å². The van der Waals surface area contributed by atoms with Gasteiger partial charge in [-0.25, -0.2) is 4.39 Å². The molecule has 0 N–H and O–H groups in total. The Kier molecular flexibility index (Phi) is 3.64. The number of rotatable bonds is 3. The maximum Gasteiger partial charge on any atom is 0.203 e. The number of benzene rings is 1. The van der Waals surface area contributed by atoms with Crippen molar-refractivity contribution in [3.05, 3.63) is 57.2 Å². The molecule has 1 aromatic carbocycles. The second kappa shape index (κ2) is 5.02. The minimum atomic E-state index is -0.426. The molecule has 0 spiro atoms. The van der Waals surface area contributed by atoms with Crippen molar-refractivity contribution in [2.24, 2.45) is 0 Å². The maximum absolute atomic E-state index is 12.8. The second-order valence-electron chi connectivity index (χ2n) is 3.43. The predicted molar refractivity (Wildman–Crippen MR) is 65.9 cm³/mol.